The lowest BCUT2D eigenvalue weighted by Crippen LogP contribution is -2.35. The molecule has 0 amide bonds. The summed E-state index contributed by atoms with van der Waals surface area (Å²) in [6, 6.07) is 2.15. The van der Waals surface area contributed by atoms with Crippen LogP contribution >= 0.6 is 0 Å². The molecule has 0 radical (unpaired) electrons. The molecule has 0 aliphatic carbocycles. The Bertz CT molecular complexity index is 391. The van der Waals surface area contributed by atoms with Crippen LogP contribution in [-0.2, 0) is 6.54 Å². The molecular weight excluding hydrogens is 222 g/mol. The first-order valence-electron chi connectivity index (χ1n) is 6.79. The van der Waals surface area contributed by atoms with Crippen LogP contribution in [0.4, 0.5) is 5.82 Å². The Kier molecular flexibility index (Phi) is 5.15. The first-order chi connectivity index (χ1) is 8.33. The van der Waals surface area contributed by atoms with E-state index in [9.17, 15) is 0 Å². The van der Waals surface area contributed by atoms with Crippen LogP contribution in [0.2, 0.25) is 0 Å². The Hall–Kier alpha value is -1.09. The van der Waals surface area contributed by atoms with Crippen LogP contribution in [0.15, 0.2) is 6.07 Å². The molecule has 0 aromatic carbocycles. The molecule has 1 rings (SSSR count). The van der Waals surface area contributed by atoms with E-state index in [1.165, 1.54) is 11.1 Å². The van der Waals surface area contributed by atoms with E-state index >= 15 is 0 Å². The van der Waals surface area contributed by atoms with Crippen LogP contribution in [0.1, 0.15) is 50.9 Å². The van der Waals surface area contributed by atoms with Crippen molar-refractivity contribution in [2.45, 2.75) is 60.0 Å². The standard InChI is InChI=1S/C15H27N3/c1-7-8-16-14-13(10-17-15(4,5)6)11(2)9-12(3)18-14/h9,17H,7-8,10H2,1-6H3,(H,16,18). The van der Waals surface area contributed by atoms with Gasteiger partial charge >= 0.3 is 0 Å². The predicted molar refractivity (Wildman–Crippen MR) is 79.1 cm³/mol. The summed E-state index contributed by atoms with van der Waals surface area (Å²) >= 11 is 0. The molecular formula is C15H27N3. The highest BCUT2D eigenvalue weighted by Crippen LogP contribution is 2.19. The Balaban J connectivity index is 2.92. The number of hydrogen-bond acceptors (Lipinski definition) is 3. The summed E-state index contributed by atoms with van der Waals surface area (Å²) in [5.74, 6) is 1.03. The van der Waals surface area contributed by atoms with Gasteiger partial charge in [0.05, 0.1) is 0 Å². The maximum atomic E-state index is 4.62. The van der Waals surface area contributed by atoms with Crippen molar-refractivity contribution in [3.63, 3.8) is 0 Å². The minimum Gasteiger partial charge on any atom is -0.370 e. The molecule has 0 aliphatic heterocycles. The SMILES string of the molecule is CCCNc1nc(C)cc(C)c1CNC(C)(C)C. The lowest BCUT2D eigenvalue weighted by molar-refractivity contribution is 0.424. The molecule has 3 heteroatoms. The van der Waals surface area contributed by atoms with Crippen LogP contribution < -0.4 is 10.6 Å². The summed E-state index contributed by atoms with van der Waals surface area (Å²) in [7, 11) is 0. The van der Waals surface area contributed by atoms with Gasteiger partial charge in [-0.05, 0) is 52.7 Å². The molecule has 1 heterocycles. The lowest BCUT2D eigenvalue weighted by Gasteiger charge is -2.23. The van der Waals surface area contributed by atoms with Gasteiger partial charge in [-0.2, -0.15) is 0 Å². The van der Waals surface area contributed by atoms with Gasteiger partial charge in [-0.3, -0.25) is 0 Å². The van der Waals surface area contributed by atoms with Crippen LogP contribution in [0.5, 0.6) is 0 Å². The monoisotopic (exact) mass is 249 g/mol. The van der Waals surface area contributed by atoms with Gasteiger partial charge in [-0.1, -0.05) is 6.92 Å². The van der Waals surface area contributed by atoms with E-state index in [1.807, 2.05) is 6.92 Å². The Labute approximate surface area is 111 Å². The fourth-order valence-electron chi connectivity index (χ4n) is 1.83. The molecule has 0 unspecified atom stereocenters. The van der Waals surface area contributed by atoms with Gasteiger partial charge in [0.1, 0.15) is 5.82 Å². The number of nitrogens with one attached hydrogen (secondary N) is 2. The summed E-state index contributed by atoms with van der Waals surface area (Å²) < 4.78 is 0. The molecule has 102 valence electrons. The average Bonchev–Trinajstić information content (AvgIpc) is 2.23. The molecule has 2 N–H and O–H groups in total. The van der Waals surface area contributed by atoms with Crippen molar-refractivity contribution < 1.29 is 0 Å². The molecule has 1 aromatic rings. The molecule has 0 atom stereocenters. The third-order valence-electron chi connectivity index (χ3n) is 2.81. The van der Waals surface area contributed by atoms with Crippen molar-refractivity contribution in [2.24, 2.45) is 0 Å². The highest BCUT2D eigenvalue weighted by atomic mass is 15.0. The second-order valence-electron chi connectivity index (χ2n) is 5.94. The quantitative estimate of drug-likeness (QED) is 0.839. The Morgan fingerprint density at radius 3 is 2.44 bits per heavy atom. The third-order valence-corrected chi connectivity index (χ3v) is 2.81. The maximum Gasteiger partial charge on any atom is 0.131 e. The number of rotatable bonds is 5. The normalized spacial score (nSPS) is 11.7. The summed E-state index contributed by atoms with van der Waals surface area (Å²) in [6.45, 7) is 14.8. The number of pyridine rings is 1. The van der Waals surface area contributed by atoms with E-state index in [4.69, 9.17) is 0 Å². The second kappa shape index (κ2) is 6.19. The average molecular weight is 249 g/mol. The zero-order chi connectivity index (χ0) is 13.8. The van der Waals surface area contributed by atoms with E-state index in [2.05, 4.69) is 56.3 Å². The molecule has 0 saturated carbocycles. The minimum atomic E-state index is 0.124. The molecule has 0 aliphatic rings. The van der Waals surface area contributed by atoms with Crippen molar-refractivity contribution >= 4 is 5.82 Å². The summed E-state index contributed by atoms with van der Waals surface area (Å²) in [5, 5.41) is 6.97. The Morgan fingerprint density at radius 2 is 1.89 bits per heavy atom. The molecule has 1 aromatic heterocycles. The van der Waals surface area contributed by atoms with E-state index in [0.717, 1.165) is 31.0 Å². The fraction of sp³-hybridized carbons (Fsp3) is 0.667. The fourth-order valence-corrected chi connectivity index (χ4v) is 1.83. The van der Waals surface area contributed by atoms with Crippen molar-refractivity contribution in [2.75, 3.05) is 11.9 Å². The van der Waals surface area contributed by atoms with Crippen LogP contribution in [0.25, 0.3) is 0 Å². The molecule has 0 spiro atoms. The smallest absolute Gasteiger partial charge is 0.131 e. The second-order valence-corrected chi connectivity index (χ2v) is 5.94. The van der Waals surface area contributed by atoms with Gasteiger partial charge in [0, 0.05) is 29.9 Å². The molecule has 0 fully saturated rings. The van der Waals surface area contributed by atoms with Gasteiger partial charge < -0.3 is 10.6 Å². The zero-order valence-electron chi connectivity index (χ0n) is 12.6. The van der Waals surface area contributed by atoms with Crippen molar-refractivity contribution in [3.05, 3.63) is 22.9 Å². The van der Waals surface area contributed by atoms with Gasteiger partial charge in [-0.15, -0.1) is 0 Å². The molecule has 18 heavy (non-hydrogen) atoms. The van der Waals surface area contributed by atoms with E-state index in [-0.39, 0.29) is 5.54 Å². The highest BCUT2D eigenvalue weighted by Gasteiger charge is 2.13. The van der Waals surface area contributed by atoms with Crippen molar-refractivity contribution in [1.29, 1.82) is 0 Å². The van der Waals surface area contributed by atoms with Crippen molar-refractivity contribution in [3.8, 4) is 0 Å². The predicted octanol–water partition coefficient (Wildman–Crippen LogP) is 3.41. The number of aryl methyl sites for hydroxylation is 2. The summed E-state index contributed by atoms with van der Waals surface area (Å²) in [4.78, 5) is 4.62. The largest absolute Gasteiger partial charge is 0.370 e. The van der Waals surface area contributed by atoms with Crippen LogP contribution in [0.3, 0.4) is 0 Å². The molecule has 3 nitrogen and oxygen atoms in total. The minimum absolute atomic E-state index is 0.124. The van der Waals surface area contributed by atoms with Gasteiger partial charge in [0.15, 0.2) is 0 Å². The highest BCUT2D eigenvalue weighted by molar-refractivity contribution is 5.49. The van der Waals surface area contributed by atoms with E-state index in [1.54, 1.807) is 0 Å². The van der Waals surface area contributed by atoms with Crippen LogP contribution in [0, 0.1) is 13.8 Å². The summed E-state index contributed by atoms with van der Waals surface area (Å²) in [6.07, 6.45) is 1.11. The summed E-state index contributed by atoms with van der Waals surface area (Å²) in [5.41, 5.74) is 3.78. The maximum absolute atomic E-state index is 4.62. The number of nitrogens with zero attached hydrogens (tertiary/aromatic N) is 1. The first-order valence-corrected chi connectivity index (χ1v) is 6.79. The van der Waals surface area contributed by atoms with Gasteiger partial charge in [-0.25, -0.2) is 4.98 Å². The van der Waals surface area contributed by atoms with E-state index < -0.39 is 0 Å². The number of hydrogen-bond donors (Lipinski definition) is 2. The van der Waals surface area contributed by atoms with Crippen LogP contribution in [-0.4, -0.2) is 17.1 Å². The molecule has 0 bridgehead atoms. The van der Waals surface area contributed by atoms with Gasteiger partial charge in [0.25, 0.3) is 0 Å². The van der Waals surface area contributed by atoms with Crippen molar-refractivity contribution in [1.82, 2.24) is 10.3 Å². The van der Waals surface area contributed by atoms with Gasteiger partial charge in [0.2, 0.25) is 0 Å². The number of aromatic nitrogens is 1. The first kappa shape index (κ1) is 15.0. The lowest BCUT2D eigenvalue weighted by atomic mass is 10.1. The Morgan fingerprint density at radius 1 is 1.22 bits per heavy atom. The molecule has 0 saturated heterocycles. The number of anilines is 1. The zero-order valence-corrected chi connectivity index (χ0v) is 12.6. The van der Waals surface area contributed by atoms with E-state index in [0.29, 0.717) is 0 Å². The third kappa shape index (κ3) is 4.65. The topological polar surface area (TPSA) is 37.0 Å².